The topological polar surface area (TPSA) is 0 Å². The van der Waals surface area contributed by atoms with Gasteiger partial charge in [-0.25, -0.2) is 22.0 Å². The maximum atomic E-state index is 14.7. The molecule has 0 nitrogen and oxygen atoms in total. The van der Waals surface area contributed by atoms with Gasteiger partial charge in [-0.15, -0.1) is 0 Å². The largest absolute Gasteiger partial charge is 0.208 e. The lowest BCUT2D eigenvalue weighted by Gasteiger charge is -2.26. The van der Waals surface area contributed by atoms with E-state index >= 15 is 0 Å². The minimum atomic E-state index is -1.59. The molecule has 5 heteroatoms. The lowest BCUT2D eigenvalue weighted by atomic mass is 9.81. The minimum Gasteiger partial charge on any atom is -0.208 e. The molecule has 0 heterocycles. The summed E-state index contributed by atoms with van der Waals surface area (Å²) < 4.78 is 72.7. The van der Waals surface area contributed by atoms with Gasteiger partial charge in [0.15, 0.2) is 17.5 Å². The molecule has 148 valence electrons. The van der Waals surface area contributed by atoms with Gasteiger partial charge in [-0.1, -0.05) is 36.9 Å². The summed E-state index contributed by atoms with van der Waals surface area (Å²) in [4.78, 5) is 0. The van der Waals surface area contributed by atoms with E-state index in [-0.39, 0.29) is 10.9 Å². The van der Waals surface area contributed by atoms with Crippen LogP contribution in [0.3, 0.4) is 0 Å². The third-order valence-electron chi connectivity index (χ3n) is 5.41. The Morgan fingerprint density at radius 1 is 1.00 bits per heavy atom. The first-order chi connectivity index (χ1) is 13.4. The molecule has 0 spiro atoms. The van der Waals surface area contributed by atoms with Crippen LogP contribution in [0, 0.1) is 29.3 Å². The molecule has 1 aliphatic rings. The van der Waals surface area contributed by atoms with Crippen LogP contribution in [0.1, 0.15) is 43.7 Å². The Kier molecular flexibility index (Phi) is 6.01. The average molecular weight is 392 g/mol. The molecule has 0 aliphatic heterocycles. The maximum Gasteiger partial charge on any atom is 0.170 e. The van der Waals surface area contributed by atoms with E-state index in [1.807, 2.05) is 19.1 Å². The lowest BCUT2D eigenvalue weighted by molar-refractivity contribution is 0.304. The molecule has 0 aromatic heterocycles. The van der Waals surface area contributed by atoms with Crippen molar-refractivity contribution in [3.8, 4) is 0 Å². The Balaban J connectivity index is 2.02. The van der Waals surface area contributed by atoms with Gasteiger partial charge in [0.1, 0.15) is 11.6 Å². The third-order valence-corrected chi connectivity index (χ3v) is 5.41. The van der Waals surface area contributed by atoms with Crippen molar-refractivity contribution in [2.75, 3.05) is 0 Å². The molecular weight excluding hydrogens is 371 g/mol. The second-order valence-corrected chi connectivity index (χ2v) is 7.12. The Bertz CT molecular complexity index is 963. The van der Waals surface area contributed by atoms with Crippen molar-refractivity contribution >= 4 is 22.7 Å². The molecule has 0 unspecified atom stereocenters. The zero-order valence-corrected chi connectivity index (χ0v) is 15.5. The van der Waals surface area contributed by atoms with Gasteiger partial charge in [-0.3, -0.25) is 0 Å². The van der Waals surface area contributed by atoms with Gasteiger partial charge in [0.25, 0.3) is 0 Å². The van der Waals surface area contributed by atoms with Crippen molar-refractivity contribution in [2.24, 2.45) is 11.8 Å². The molecule has 28 heavy (non-hydrogen) atoms. The molecule has 3 rings (SSSR count). The lowest BCUT2D eigenvalue weighted by Crippen LogP contribution is -2.14. The Morgan fingerprint density at radius 2 is 1.68 bits per heavy atom. The summed E-state index contributed by atoms with van der Waals surface area (Å²) in [7, 11) is 0. The van der Waals surface area contributed by atoms with Crippen LogP contribution < -0.4 is 0 Å². The van der Waals surface area contributed by atoms with Gasteiger partial charge in [-0.2, -0.15) is 0 Å². The van der Waals surface area contributed by atoms with E-state index < -0.39 is 46.0 Å². The summed E-state index contributed by atoms with van der Waals surface area (Å²) in [5.41, 5.74) is -0.817. The summed E-state index contributed by atoms with van der Waals surface area (Å²) in [6, 6.07) is 3.60. The van der Waals surface area contributed by atoms with Gasteiger partial charge in [0, 0.05) is 11.5 Å². The Hall–Kier alpha value is -2.43. The maximum absolute atomic E-state index is 14.7. The van der Waals surface area contributed by atoms with E-state index in [0.29, 0.717) is 31.6 Å². The fourth-order valence-corrected chi connectivity index (χ4v) is 3.86. The predicted molar refractivity (Wildman–Crippen MR) is 103 cm³/mol. The molecule has 0 saturated heterocycles. The zero-order chi connectivity index (χ0) is 20.4. The second kappa shape index (κ2) is 8.29. The summed E-state index contributed by atoms with van der Waals surface area (Å²) in [5, 5.41) is -0.643. The van der Waals surface area contributed by atoms with Crippen LogP contribution in [0.5, 0.6) is 0 Å². The van der Waals surface area contributed by atoms with Gasteiger partial charge in [0.05, 0.1) is 10.9 Å². The zero-order valence-electron chi connectivity index (χ0n) is 15.5. The van der Waals surface area contributed by atoms with Gasteiger partial charge < -0.3 is 0 Å². The van der Waals surface area contributed by atoms with Gasteiger partial charge >= 0.3 is 0 Å². The summed E-state index contributed by atoms with van der Waals surface area (Å²) in [5.74, 6) is -6.94. The third kappa shape index (κ3) is 3.62. The van der Waals surface area contributed by atoms with Crippen LogP contribution in [0.2, 0.25) is 0 Å². The quantitative estimate of drug-likeness (QED) is 0.367. The molecule has 0 N–H and O–H groups in total. The number of hydrogen-bond donors (Lipinski definition) is 0. The highest BCUT2D eigenvalue weighted by atomic mass is 19.2. The molecule has 0 radical (unpaired) electrons. The van der Waals surface area contributed by atoms with E-state index in [0.717, 1.165) is 6.07 Å². The smallest absolute Gasteiger partial charge is 0.170 e. The van der Waals surface area contributed by atoms with Crippen LogP contribution in [0.25, 0.3) is 22.7 Å². The van der Waals surface area contributed by atoms with Gasteiger partial charge in [0.2, 0.25) is 0 Å². The molecular formula is C23H21F5. The SMILES string of the molecule is C=Cc1ccc2cc(C(F)=C(F)C3CCC(/C=C/C)CC3)c(F)c(F)c2c1F. The molecule has 1 aliphatic carbocycles. The summed E-state index contributed by atoms with van der Waals surface area (Å²) >= 11 is 0. The van der Waals surface area contributed by atoms with Crippen molar-refractivity contribution in [3.05, 3.63) is 71.3 Å². The van der Waals surface area contributed by atoms with E-state index in [1.165, 1.54) is 18.2 Å². The average Bonchev–Trinajstić information content (AvgIpc) is 2.70. The molecule has 0 bridgehead atoms. The van der Waals surface area contributed by atoms with Crippen LogP contribution in [0.4, 0.5) is 22.0 Å². The summed E-state index contributed by atoms with van der Waals surface area (Å²) in [6.45, 7) is 5.32. The van der Waals surface area contributed by atoms with E-state index in [2.05, 4.69) is 6.58 Å². The Morgan fingerprint density at radius 3 is 2.29 bits per heavy atom. The molecule has 1 saturated carbocycles. The molecule has 1 fully saturated rings. The fourth-order valence-electron chi connectivity index (χ4n) is 3.86. The number of allylic oxidation sites excluding steroid dienone is 3. The minimum absolute atomic E-state index is 0.00127. The van der Waals surface area contributed by atoms with Crippen molar-refractivity contribution in [3.63, 3.8) is 0 Å². The highest BCUT2D eigenvalue weighted by Gasteiger charge is 2.28. The number of rotatable bonds is 4. The van der Waals surface area contributed by atoms with E-state index in [9.17, 15) is 22.0 Å². The highest BCUT2D eigenvalue weighted by molar-refractivity contribution is 5.89. The molecule has 0 amide bonds. The molecule has 2 aromatic carbocycles. The summed E-state index contributed by atoms with van der Waals surface area (Å²) in [6.07, 6.45) is 7.43. The standard InChI is InChI=1S/C23H21F5/c1-3-5-13-6-8-15(9-7-13)20(25)21(26)17-12-16-11-10-14(4-2)19(24)18(16)23(28)22(17)27/h3-5,10-13,15H,2,6-9H2,1H3/b5-3+,21-20?. The fraction of sp³-hybridized carbons (Fsp3) is 0.304. The first kappa shape index (κ1) is 20.3. The van der Waals surface area contributed by atoms with Crippen molar-refractivity contribution in [1.29, 1.82) is 0 Å². The monoisotopic (exact) mass is 392 g/mol. The Labute approximate surface area is 161 Å². The number of hydrogen-bond acceptors (Lipinski definition) is 0. The highest BCUT2D eigenvalue weighted by Crippen LogP contribution is 2.40. The first-order valence-corrected chi connectivity index (χ1v) is 9.30. The van der Waals surface area contributed by atoms with Crippen LogP contribution in [0.15, 0.2) is 42.8 Å². The van der Waals surface area contributed by atoms with Crippen molar-refractivity contribution < 1.29 is 22.0 Å². The van der Waals surface area contributed by atoms with E-state index in [4.69, 9.17) is 0 Å². The number of fused-ring (bicyclic) bond motifs is 1. The molecule has 2 aromatic rings. The predicted octanol–water partition coefficient (Wildman–Crippen LogP) is 7.89. The van der Waals surface area contributed by atoms with Crippen LogP contribution >= 0.6 is 0 Å². The number of halogens is 5. The van der Waals surface area contributed by atoms with Crippen molar-refractivity contribution in [2.45, 2.75) is 32.6 Å². The molecule has 0 atom stereocenters. The van der Waals surface area contributed by atoms with Crippen LogP contribution in [-0.2, 0) is 0 Å². The van der Waals surface area contributed by atoms with E-state index in [1.54, 1.807) is 0 Å². The van der Waals surface area contributed by atoms with Crippen LogP contribution in [-0.4, -0.2) is 0 Å². The second-order valence-electron chi connectivity index (χ2n) is 7.12. The first-order valence-electron chi connectivity index (χ1n) is 9.30. The normalized spacial score (nSPS) is 21.2. The van der Waals surface area contributed by atoms with Gasteiger partial charge in [-0.05, 0) is 50.0 Å². The number of benzene rings is 2. The van der Waals surface area contributed by atoms with Crippen molar-refractivity contribution in [1.82, 2.24) is 0 Å².